The smallest absolute Gasteiger partial charge is 0.266 e. The molecule has 3 aromatic rings. The van der Waals surface area contributed by atoms with E-state index in [4.69, 9.17) is 9.47 Å². The Kier molecular flexibility index (Phi) is 7.02. The number of benzene rings is 1. The normalized spacial score (nSPS) is 10.6. The fourth-order valence-electron chi connectivity index (χ4n) is 2.73. The first-order chi connectivity index (χ1) is 14.1. The first-order valence-corrected chi connectivity index (χ1v) is 10.3. The van der Waals surface area contributed by atoms with Crippen molar-refractivity contribution in [3.05, 3.63) is 63.8 Å². The lowest BCUT2D eigenvalue weighted by Crippen LogP contribution is -2.31. The van der Waals surface area contributed by atoms with E-state index in [1.54, 1.807) is 35.6 Å². The van der Waals surface area contributed by atoms with Crippen molar-refractivity contribution in [2.24, 2.45) is 0 Å². The Bertz CT molecular complexity index is 1020. The maximum absolute atomic E-state index is 12.5. The minimum Gasteiger partial charge on any atom is -0.490 e. The molecule has 0 spiro atoms. The topological polar surface area (TPSA) is 82.5 Å². The molecule has 0 saturated heterocycles. The minimum absolute atomic E-state index is 0.209. The summed E-state index contributed by atoms with van der Waals surface area (Å²) in [5.74, 6) is 0.882. The van der Waals surface area contributed by atoms with E-state index in [-0.39, 0.29) is 24.6 Å². The van der Waals surface area contributed by atoms with E-state index >= 15 is 0 Å². The van der Waals surface area contributed by atoms with Gasteiger partial charge >= 0.3 is 0 Å². The standard InChI is InChI=1S/C21H23N3O4S/c1-3-27-17-9-7-15(14-18(17)28-4-2)21(26)22-11-12-24-20(25)10-8-16(23-24)19-6-5-13-29-19/h5-10,13-14H,3-4,11-12H2,1-2H3,(H,22,26). The monoisotopic (exact) mass is 413 g/mol. The molecule has 1 N–H and O–H groups in total. The predicted molar refractivity (Wildman–Crippen MR) is 113 cm³/mol. The van der Waals surface area contributed by atoms with Crippen molar-refractivity contribution in [1.82, 2.24) is 15.1 Å². The molecule has 7 nitrogen and oxygen atoms in total. The molecular weight excluding hydrogens is 390 g/mol. The first kappa shape index (κ1) is 20.6. The first-order valence-electron chi connectivity index (χ1n) is 9.42. The lowest BCUT2D eigenvalue weighted by Gasteiger charge is -2.12. The molecule has 152 valence electrons. The molecule has 0 fully saturated rings. The van der Waals surface area contributed by atoms with Gasteiger partial charge < -0.3 is 14.8 Å². The van der Waals surface area contributed by atoms with E-state index in [1.165, 1.54) is 10.7 Å². The molecule has 0 atom stereocenters. The zero-order chi connectivity index (χ0) is 20.6. The van der Waals surface area contributed by atoms with Gasteiger partial charge in [0.2, 0.25) is 0 Å². The predicted octanol–water partition coefficient (Wildman–Crippen LogP) is 3.20. The number of nitrogens with zero attached hydrogens (tertiary/aromatic N) is 2. The van der Waals surface area contributed by atoms with Crippen molar-refractivity contribution >= 4 is 17.2 Å². The van der Waals surface area contributed by atoms with Crippen LogP contribution in [0.5, 0.6) is 11.5 Å². The number of hydrogen-bond donors (Lipinski definition) is 1. The van der Waals surface area contributed by atoms with Crippen LogP contribution in [0, 0.1) is 0 Å². The van der Waals surface area contributed by atoms with Crippen LogP contribution in [0.4, 0.5) is 0 Å². The van der Waals surface area contributed by atoms with Crippen LogP contribution in [0.1, 0.15) is 24.2 Å². The summed E-state index contributed by atoms with van der Waals surface area (Å²) in [7, 11) is 0. The van der Waals surface area contributed by atoms with Crippen molar-refractivity contribution < 1.29 is 14.3 Å². The molecule has 0 aliphatic carbocycles. The highest BCUT2D eigenvalue weighted by Gasteiger charge is 2.12. The molecule has 2 aromatic heterocycles. The third kappa shape index (κ3) is 5.23. The van der Waals surface area contributed by atoms with Crippen LogP contribution in [0.25, 0.3) is 10.6 Å². The molecule has 1 aromatic carbocycles. The van der Waals surface area contributed by atoms with Crippen LogP contribution in [-0.2, 0) is 6.54 Å². The largest absolute Gasteiger partial charge is 0.490 e. The molecule has 0 aliphatic rings. The second-order valence-electron chi connectivity index (χ2n) is 6.04. The van der Waals surface area contributed by atoms with Gasteiger partial charge in [0.15, 0.2) is 11.5 Å². The highest BCUT2D eigenvalue weighted by molar-refractivity contribution is 7.13. The van der Waals surface area contributed by atoms with Crippen molar-refractivity contribution in [3.63, 3.8) is 0 Å². The van der Waals surface area contributed by atoms with Crippen molar-refractivity contribution in [2.75, 3.05) is 19.8 Å². The highest BCUT2D eigenvalue weighted by Crippen LogP contribution is 2.28. The maximum atomic E-state index is 12.5. The third-order valence-electron chi connectivity index (χ3n) is 4.05. The van der Waals surface area contributed by atoms with Gasteiger partial charge in [-0.2, -0.15) is 5.10 Å². The highest BCUT2D eigenvalue weighted by atomic mass is 32.1. The number of aromatic nitrogens is 2. The van der Waals surface area contributed by atoms with Crippen LogP contribution >= 0.6 is 11.3 Å². The summed E-state index contributed by atoms with van der Waals surface area (Å²) in [5.41, 5.74) is 0.989. The number of rotatable bonds is 9. The van der Waals surface area contributed by atoms with Crippen molar-refractivity contribution in [3.8, 4) is 22.1 Å². The van der Waals surface area contributed by atoms with Crippen LogP contribution in [-0.4, -0.2) is 35.4 Å². The van der Waals surface area contributed by atoms with Gasteiger partial charge in [-0.05, 0) is 49.6 Å². The summed E-state index contributed by atoms with van der Waals surface area (Å²) in [6, 6.07) is 12.1. The summed E-state index contributed by atoms with van der Waals surface area (Å²) >= 11 is 1.56. The molecule has 8 heteroatoms. The quantitative estimate of drug-likeness (QED) is 0.583. The third-order valence-corrected chi connectivity index (χ3v) is 4.95. The van der Waals surface area contributed by atoms with Gasteiger partial charge in [0.05, 0.1) is 24.6 Å². The Hall–Kier alpha value is -3.13. The summed E-state index contributed by atoms with van der Waals surface area (Å²) in [5, 5.41) is 9.16. The number of carbonyl (C=O) groups is 1. The van der Waals surface area contributed by atoms with Gasteiger partial charge in [0.1, 0.15) is 5.69 Å². The van der Waals surface area contributed by atoms with E-state index in [0.29, 0.717) is 30.3 Å². The SMILES string of the molecule is CCOc1ccc(C(=O)NCCn2nc(-c3cccs3)ccc2=O)cc1OCC. The Morgan fingerprint density at radius 1 is 1.10 bits per heavy atom. The zero-order valence-electron chi connectivity index (χ0n) is 16.4. The number of nitrogens with one attached hydrogen (secondary N) is 1. The van der Waals surface area contributed by atoms with Crippen LogP contribution in [0.15, 0.2) is 52.6 Å². The Labute approximate surface area is 172 Å². The number of ether oxygens (including phenoxy) is 2. The van der Waals surface area contributed by atoms with Gasteiger partial charge in [0, 0.05) is 18.2 Å². The van der Waals surface area contributed by atoms with E-state index in [2.05, 4.69) is 10.4 Å². The Balaban J connectivity index is 1.65. The molecule has 0 aliphatic heterocycles. The van der Waals surface area contributed by atoms with Crippen molar-refractivity contribution in [1.29, 1.82) is 0 Å². The van der Waals surface area contributed by atoms with E-state index in [0.717, 1.165) is 10.6 Å². The van der Waals surface area contributed by atoms with Gasteiger partial charge in [-0.1, -0.05) is 6.07 Å². The average Bonchev–Trinajstić information content (AvgIpc) is 3.26. The number of hydrogen-bond acceptors (Lipinski definition) is 6. The second-order valence-corrected chi connectivity index (χ2v) is 6.99. The average molecular weight is 413 g/mol. The fourth-order valence-corrected chi connectivity index (χ4v) is 3.43. The zero-order valence-corrected chi connectivity index (χ0v) is 17.2. The molecule has 0 radical (unpaired) electrons. The van der Waals surface area contributed by atoms with E-state index < -0.39 is 0 Å². The van der Waals surface area contributed by atoms with Crippen molar-refractivity contribution in [2.45, 2.75) is 20.4 Å². The molecular formula is C21H23N3O4S. The summed E-state index contributed by atoms with van der Waals surface area (Å²) < 4.78 is 12.4. The summed E-state index contributed by atoms with van der Waals surface area (Å²) in [4.78, 5) is 25.5. The summed E-state index contributed by atoms with van der Waals surface area (Å²) in [6.07, 6.45) is 0. The molecule has 2 heterocycles. The van der Waals surface area contributed by atoms with E-state index in [1.807, 2.05) is 31.4 Å². The second kappa shape index (κ2) is 9.88. The van der Waals surface area contributed by atoms with Gasteiger partial charge in [-0.25, -0.2) is 4.68 Å². The number of amides is 1. The fraction of sp³-hybridized carbons (Fsp3) is 0.286. The van der Waals surface area contributed by atoms with Gasteiger partial charge in [0.25, 0.3) is 11.5 Å². The molecule has 3 rings (SSSR count). The molecule has 29 heavy (non-hydrogen) atoms. The van der Waals surface area contributed by atoms with Crippen LogP contribution < -0.4 is 20.3 Å². The van der Waals surface area contributed by atoms with Gasteiger partial charge in [-0.3, -0.25) is 9.59 Å². The molecule has 1 amide bonds. The molecule has 0 unspecified atom stereocenters. The number of carbonyl (C=O) groups excluding carboxylic acids is 1. The Morgan fingerprint density at radius 3 is 2.62 bits per heavy atom. The molecule has 0 bridgehead atoms. The van der Waals surface area contributed by atoms with Crippen LogP contribution in [0.3, 0.4) is 0 Å². The molecule has 0 saturated carbocycles. The van der Waals surface area contributed by atoms with E-state index in [9.17, 15) is 9.59 Å². The summed E-state index contributed by atoms with van der Waals surface area (Å²) in [6.45, 7) is 5.30. The maximum Gasteiger partial charge on any atom is 0.266 e. The lowest BCUT2D eigenvalue weighted by molar-refractivity contribution is 0.0951. The Morgan fingerprint density at radius 2 is 1.90 bits per heavy atom. The lowest BCUT2D eigenvalue weighted by atomic mass is 10.2. The number of thiophene rings is 1. The minimum atomic E-state index is -0.253. The van der Waals surface area contributed by atoms with Crippen LogP contribution in [0.2, 0.25) is 0 Å². The van der Waals surface area contributed by atoms with Gasteiger partial charge in [-0.15, -0.1) is 11.3 Å².